The molecule has 0 spiro atoms. The van der Waals surface area contributed by atoms with Crippen molar-refractivity contribution in [2.24, 2.45) is 0 Å². The molecule has 2 saturated carbocycles. The topological polar surface area (TPSA) is 59.8 Å². The molecule has 1 atom stereocenters. The molecular weight excluding hydrogens is 356 g/mol. The van der Waals surface area contributed by atoms with Crippen LogP contribution in [-0.2, 0) is 11.3 Å². The van der Waals surface area contributed by atoms with Crippen LogP contribution in [0.1, 0.15) is 69.2 Å². The largest absolute Gasteiger partial charge is 0.352 e. The Bertz CT molecular complexity index is 766. The summed E-state index contributed by atoms with van der Waals surface area (Å²) in [6.07, 6.45) is 8.34. The van der Waals surface area contributed by atoms with Gasteiger partial charge in [0.05, 0.1) is 11.8 Å². The van der Waals surface area contributed by atoms with Crippen molar-refractivity contribution in [3.05, 3.63) is 41.7 Å². The molecule has 5 nitrogen and oxygen atoms in total. The highest BCUT2D eigenvalue weighted by Crippen LogP contribution is 2.40. The molecule has 2 aliphatic rings. The summed E-state index contributed by atoms with van der Waals surface area (Å²) in [6.45, 7) is 2.74. The monoisotopic (exact) mass is 384 g/mol. The molecule has 0 radical (unpaired) electrons. The number of carbonyl (C=O) groups is 1. The second-order valence-corrected chi connectivity index (χ2v) is 9.10. The third-order valence-electron chi connectivity index (χ3n) is 5.47. The van der Waals surface area contributed by atoms with Gasteiger partial charge in [0, 0.05) is 12.0 Å². The van der Waals surface area contributed by atoms with E-state index in [2.05, 4.69) is 44.3 Å². The fourth-order valence-corrected chi connectivity index (χ4v) is 4.59. The Morgan fingerprint density at radius 1 is 1.15 bits per heavy atom. The van der Waals surface area contributed by atoms with Crippen molar-refractivity contribution in [2.75, 3.05) is 0 Å². The number of aromatic nitrogens is 3. The van der Waals surface area contributed by atoms with E-state index in [9.17, 15) is 4.79 Å². The van der Waals surface area contributed by atoms with E-state index < -0.39 is 0 Å². The third-order valence-corrected chi connectivity index (χ3v) is 6.55. The van der Waals surface area contributed by atoms with Gasteiger partial charge in [-0.1, -0.05) is 61.4 Å². The van der Waals surface area contributed by atoms with E-state index in [1.54, 1.807) is 0 Å². The summed E-state index contributed by atoms with van der Waals surface area (Å²) in [5, 5.41) is 12.8. The van der Waals surface area contributed by atoms with E-state index in [0.717, 1.165) is 30.4 Å². The van der Waals surface area contributed by atoms with Gasteiger partial charge in [-0.15, -0.1) is 10.2 Å². The zero-order chi connectivity index (χ0) is 18.6. The molecule has 1 amide bonds. The van der Waals surface area contributed by atoms with Crippen LogP contribution >= 0.6 is 11.8 Å². The highest BCUT2D eigenvalue weighted by Gasteiger charge is 2.31. The van der Waals surface area contributed by atoms with Crippen molar-refractivity contribution in [1.82, 2.24) is 20.1 Å². The number of rotatable bonds is 7. The minimum absolute atomic E-state index is 0.120. The van der Waals surface area contributed by atoms with Gasteiger partial charge in [-0.2, -0.15) is 0 Å². The number of thioether (sulfide) groups is 1. The van der Waals surface area contributed by atoms with Crippen LogP contribution in [0, 0.1) is 0 Å². The van der Waals surface area contributed by atoms with Crippen LogP contribution in [0.25, 0.3) is 0 Å². The molecule has 0 aliphatic heterocycles. The maximum absolute atomic E-state index is 12.6. The van der Waals surface area contributed by atoms with Crippen LogP contribution in [0.4, 0.5) is 0 Å². The predicted molar refractivity (Wildman–Crippen MR) is 108 cm³/mol. The molecule has 6 heteroatoms. The third kappa shape index (κ3) is 4.72. The Morgan fingerprint density at radius 3 is 2.59 bits per heavy atom. The smallest absolute Gasteiger partial charge is 0.233 e. The highest BCUT2D eigenvalue weighted by molar-refractivity contribution is 8.00. The number of nitrogens with zero attached hydrogens (tertiary/aromatic N) is 3. The average Bonchev–Trinajstić information content (AvgIpc) is 3.47. The second-order valence-electron chi connectivity index (χ2n) is 7.79. The Labute approximate surface area is 165 Å². The number of carbonyl (C=O) groups excluding carboxylic acids is 1. The number of hydrogen-bond donors (Lipinski definition) is 1. The van der Waals surface area contributed by atoms with Crippen LogP contribution in [0.15, 0.2) is 35.5 Å². The second kappa shape index (κ2) is 8.46. The minimum atomic E-state index is -0.169. The van der Waals surface area contributed by atoms with Crippen molar-refractivity contribution >= 4 is 17.7 Å². The van der Waals surface area contributed by atoms with Crippen molar-refractivity contribution < 1.29 is 4.79 Å². The van der Waals surface area contributed by atoms with Crippen molar-refractivity contribution in [2.45, 2.75) is 80.8 Å². The van der Waals surface area contributed by atoms with Gasteiger partial charge in [-0.3, -0.25) is 4.79 Å². The lowest BCUT2D eigenvalue weighted by molar-refractivity contribution is -0.121. The lowest BCUT2D eigenvalue weighted by atomic mass is 9.95. The number of amides is 1. The van der Waals surface area contributed by atoms with Crippen LogP contribution in [0.2, 0.25) is 0 Å². The summed E-state index contributed by atoms with van der Waals surface area (Å²) in [7, 11) is 0. The molecule has 1 N–H and O–H groups in total. The molecule has 2 aliphatic carbocycles. The Morgan fingerprint density at radius 2 is 1.89 bits per heavy atom. The molecule has 1 heterocycles. The van der Waals surface area contributed by atoms with E-state index in [-0.39, 0.29) is 11.2 Å². The zero-order valence-electron chi connectivity index (χ0n) is 15.9. The molecule has 2 aromatic rings. The first-order chi connectivity index (χ1) is 13.2. The van der Waals surface area contributed by atoms with Gasteiger partial charge in [0.2, 0.25) is 5.91 Å². The fraction of sp³-hybridized carbons (Fsp3) is 0.571. The first kappa shape index (κ1) is 18.5. The maximum atomic E-state index is 12.6. The van der Waals surface area contributed by atoms with Gasteiger partial charge in [0.25, 0.3) is 0 Å². The van der Waals surface area contributed by atoms with Crippen molar-refractivity contribution in [3.63, 3.8) is 0 Å². The number of hydrogen-bond acceptors (Lipinski definition) is 4. The standard InChI is InChI=1S/C21H28N4OS/c1-15(20(26)22-18-10-6-3-7-11-18)27-21-24-23-19(17-12-13-17)25(21)14-16-8-4-2-5-9-16/h2,4-5,8-9,15,17-18H,3,6-7,10-14H2,1H3,(H,22,26)/t15-/m0/s1. The van der Waals surface area contributed by atoms with Crippen LogP contribution < -0.4 is 5.32 Å². The summed E-state index contributed by atoms with van der Waals surface area (Å²) >= 11 is 1.53. The van der Waals surface area contributed by atoms with Gasteiger partial charge in [0.15, 0.2) is 5.16 Å². The number of nitrogens with one attached hydrogen (secondary N) is 1. The lowest BCUT2D eigenvalue weighted by Crippen LogP contribution is -2.40. The Kier molecular flexibility index (Phi) is 5.81. The average molecular weight is 385 g/mol. The summed E-state index contributed by atoms with van der Waals surface area (Å²) in [4.78, 5) is 12.6. The first-order valence-corrected chi connectivity index (χ1v) is 11.0. The normalized spacial score (nSPS) is 19.0. The van der Waals surface area contributed by atoms with Gasteiger partial charge >= 0.3 is 0 Å². The maximum Gasteiger partial charge on any atom is 0.233 e. The van der Waals surface area contributed by atoms with E-state index >= 15 is 0 Å². The van der Waals surface area contributed by atoms with Crippen LogP contribution in [-0.4, -0.2) is 32.0 Å². The van der Waals surface area contributed by atoms with Gasteiger partial charge in [-0.05, 0) is 38.2 Å². The SMILES string of the molecule is C[C@H](Sc1nnc(C2CC2)n1Cc1ccccc1)C(=O)NC1CCCCC1. The minimum Gasteiger partial charge on any atom is -0.352 e. The van der Waals surface area contributed by atoms with Crippen molar-refractivity contribution in [1.29, 1.82) is 0 Å². The van der Waals surface area contributed by atoms with E-state index in [1.165, 1.54) is 49.4 Å². The summed E-state index contributed by atoms with van der Waals surface area (Å²) in [6, 6.07) is 10.8. The molecule has 0 unspecified atom stereocenters. The van der Waals surface area contributed by atoms with Gasteiger partial charge in [-0.25, -0.2) is 0 Å². The van der Waals surface area contributed by atoms with Gasteiger partial charge < -0.3 is 9.88 Å². The number of benzene rings is 1. The summed E-state index contributed by atoms with van der Waals surface area (Å²) in [5.74, 6) is 1.72. The predicted octanol–water partition coefficient (Wildman–Crippen LogP) is 4.13. The van der Waals surface area contributed by atoms with E-state index in [0.29, 0.717) is 12.0 Å². The zero-order valence-corrected chi connectivity index (χ0v) is 16.8. The molecule has 0 bridgehead atoms. The molecule has 1 aromatic heterocycles. The summed E-state index contributed by atoms with van der Waals surface area (Å²) in [5.41, 5.74) is 1.24. The summed E-state index contributed by atoms with van der Waals surface area (Å²) < 4.78 is 2.21. The van der Waals surface area contributed by atoms with E-state index in [1.807, 2.05) is 13.0 Å². The fourth-order valence-electron chi connectivity index (χ4n) is 3.72. The molecule has 27 heavy (non-hydrogen) atoms. The molecule has 0 saturated heterocycles. The molecule has 1 aromatic carbocycles. The van der Waals surface area contributed by atoms with Crippen LogP contribution in [0.5, 0.6) is 0 Å². The Hall–Kier alpha value is -1.82. The first-order valence-electron chi connectivity index (χ1n) is 10.1. The van der Waals surface area contributed by atoms with E-state index in [4.69, 9.17) is 0 Å². The van der Waals surface area contributed by atoms with Gasteiger partial charge in [0.1, 0.15) is 5.82 Å². The van der Waals surface area contributed by atoms with Crippen LogP contribution in [0.3, 0.4) is 0 Å². The molecule has 144 valence electrons. The lowest BCUT2D eigenvalue weighted by Gasteiger charge is -2.24. The molecule has 2 fully saturated rings. The molecular formula is C21H28N4OS. The Balaban J connectivity index is 1.45. The van der Waals surface area contributed by atoms with Crippen molar-refractivity contribution in [3.8, 4) is 0 Å². The quantitative estimate of drug-likeness (QED) is 0.729. The highest BCUT2D eigenvalue weighted by atomic mass is 32.2. The molecule has 4 rings (SSSR count).